The second-order valence-corrected chi connectivity index (χ2v) is 4.53. The third kappa shape index (κ3) is 10.7. The molecule has 0 fully saturated rings. The summed E-state index contributed by atoms with van der Waals surface area (Å²) in [6.07, 6.45) is 4.29. The van der Waals surface area contributed by atoms with Gasteiger partial charge in [0.1, 0.15) is 11.6 Å². The van der Waals surface area contributed by atoms with Gasteiger partial charge in [-0.1, -0.05) is 13.3 Å². The molecular formula is C15H25N3O4. The Hall–Kier alpha value is -2.07. The van der Waals surface area contributed by atoms with E-state index >= 15 is 0 Å². The van der Waals surface area contributed by atoms with Gasteiger partial charge in [0.15, 0.2) is 0 Å². The average molecular weight is 311 g/mol. The second kappa shape index (κ2) is 13.9. The van der Waals surface area contributed by atoms with E-state index in [1.807, 2.05) is 6.07 Å². The molecule has 0 rings (SSSR count). The number of nitrogens with zero attached hydrogens (tertiary/aromatic N) is 1. The molecule has 0 aromatic rings. The lowest BCUT2D eigenvalue weighted by Gasteiger charge is -2.06. The average Bonchev–Trinajstić information content (AvgIpc) is 2.53. The Kier molecular flexibility index (Phi) is 12.6. The Labute approximate surface area is 131 Å². The largest absolute Gasteiger partial charge is 0.469 e. The van der Waals surface area contributed by atoms with E-state index in [0.29, 0.717) is 26.1 Å². The molecule has 0 aromatic heterocycles. The van der Waals surface area contributed by atoms with Gasteiger partial charge in [0.25, 0.3) is 5.91 Å². The predicted octanol–water partition coefficient (Wildman–Crippen LogP) is 0.870. The fourth-order valence-corrected chi connectivity index (χ4v) is 1.42. The fourth-order valence-electron chi connectivity index (χ4n) is 1.42. The van der Waals surface area contributed by atoms with Crippen molar-refractivity contribution in [3.8, 4) is 6.07 Å². The number of carbonyl (C=O) groups excluding carboxylic acids is 2. The van der Waals surface area contributed by atoms with E-state index in [0.717, 1.165) is 19.4 Å². The molecule has 0 atom stereocenters. The van der Waals surface area contributed by atoms with Crippen LogP contribution in [0.1, 0.15) is 32.6 Å². The van der Waals surface area contributed by atoms with Crippen molar-refractivity contribution in [2.45, 2.75) is 32.6 Å². The van der Waals surface area contributed by atoms with Crippen molar-refractivity contribution in [2.24, 2.45) is 0 Å². The Morgan fingerprint density at radius 2 is 1.95 bits per heavy atom. The number of esters is 1. The summed E-state index contributed by atoms with van der Waals surface area (Å²) >= 11 is 0. The Bertz CT molecular complexity index is 402. The molecule has 0 aliphatic carbocycles. The van der Waals surface area contributed by atoms with E-state index in [-0.39, 0.29) is 18.0 Å². The summed E-state index contributed by atoms with van der Waals surface area (Å²) in [5, 5.41) is 14.3. The first kappa shape index (κ1) is 19.9. The van der Waals surface area contributed by atoms with Crippen LogP contribution in [0.25, 0.3) is 0 Å². The van der Waals surface area contributed by atoms with Gasteiger partial charge in [0.05, 0.1) is 13.5 Å². The molecule has 124 valence electrons. The lowest BCUT2D eigenvalue weighted by molar-refractivity contribution is -0.140. The van der Waals surface area contributed by atoms with Crippen LogP contribution in [0.2, 0.25) is 0 Å². The molecule has 0 unspecified atom stereocenters. The van der Waals surface area contributed by atoms with Crippen LogP contribution in [0.4, 0.5) is 0 Å². The lowest BCUT2D eigenvalue weighted by Crippen LogP contribution is -2.27. The predicted molar refractivity (Wildman–Crippen MR) is 81.7 cm³/mol. The smallest absolute Gasteiger partial charge is 0.307 e. The van der Waals surface area contributed by atoms with Gasteiger partial charge in [0, 0.05) is 32.5 Å². The highest BCUT2D eigenvalue weighted by Crippen LogP contribution is 1.93. The van der Waals surface area contributed by atoms with Gasteiger partial charge < -0.3 is 20.1 Å². The van der Waals surface area contributed by atoms with Crippen LogP contribution >= 0.6 is 0 Å². The SMILES string of the molecule is CCCCOCCCNC(=O)/C(C#N)=C\NCCC(=O)OC. The topological polar surface area (TPSA) is 100 Å². The van der Waals surface area contributed by atoms with E-state index < -0.39 is 5.91 Å². The van der Waals surface area contributed by atoms with Crippen molar-refractivity contribution in [3.63, 3.8) is 0 Å². The second-order valence-electron chi connectivity index (χ2n) is 4.53. The van der Waals surface area contributed by atoms with Crippen molar-refractivity contribution in [1.82, 2.24) is 10.6 Å². The lowest BCUT2D eigenvalue weighted by atomic mass is 10.3. The first-order valence-electron chi connectivity index (χ1n) is 7.42. The van der Waals surface area contributed by atoms with E-state index in [1.165, 1.54) is 13.3 Å². The zero-order chi connectivity index (χ0) is 16.6. The van der Waals surface area contributed by atoms with E-state index in [9.17, 15) is 9.59 Å². The molecular weight excluding hydrogens is 286 g/mol. The summed E-state index contributed by atoms with van der Waals surface area (Å²) in [5.74, 6) is -0.798. The van der Waals surface area contributed by atoms with Crippen molar-refractivity contribution >= 4 is 11.9 Å². The van der Waals surface area contributed by atoms with Crippen molar-refractivity contribution in [1.29, 1.82) is 5.26 Å². The number of hydrogen-bond donors (Lipinski definition) is 2. The molecule has 0 spiro atoms. The quantitative estimate of drug-likeness (QED) is 0.240. The van der Waals surface area contributed by atoms with Crippen LogP contribution in [0.3, 0.4) is 0 Å². The molecule has 0 saturated heterocycles. The summed E-state index contributed by atoms with van der Waals surface area (Å²) in [6.45, 7) is 4.17. The summed E-state index contributed by atoms with van der Waals surface area (Å²) in [6, 6.07) is 1.81. The van der Waals surface area contributed by atoms with Crippen LogP contribution in [0.15, 0.2) is 11.8 Å². The zero-order valence-corrected chi connectivity index (χ0v) is 13.3. The van der Waals surface area contributed by atoms with Crippen molar-refractivity contribution < 1.29 is 19.1 Å². The number of methoxy groups -OCH3 is 1. The minimum Gasteiger partial charge on any atom is -0.469 e. The van der Waals surface area contributed by atoms with Gasteiger partial charge in [0.2, 0.25) is 0 Å². The third-order valence-corrected chi connectivity index (χ3v) is 2.71. The maximum atomic E-state index is 11.7. The first-order valence-corrected chi connectivity index (χ1v) is 7.42. The highest BCUT2D eigenvalue weighted by Gasteiger charge is 2.07. The summed E-state index contributed by atoms with van der Waals surface area (Å²) < 4.78 is 9.84. The van der Waals surface area contributed by atoms with Gasteiger partial charge in [-0.2, -0.15) is 5.26 Å². The molecule has 0 heterocycles. The summed E-state index contributed by atoms with van der Waals surface area (Å²) in [5.41, 5.74) is -0.0308. The molecule has 1 amide bonds. The molecule has 0 radical (unpaired) electrons. The Morgan fingerprint density at radius 1 is 1.23 bits per heavy atom. The minimum absolute atomic E-state index is 0.0308. The first-order chi connectivity index (χ1) is 10.7. The molecule has 0 bridgehead atoms. The van der Waals surface area contributed by atoms with Crippen LogP contribution in [0.5, 0.6) is 0 Å². The number of unbranched alkanes of at least 4 members (excludes halogenated alkanes) is 1. The molecule has 2 N–H and O–H groups in total. The van der Waals surface area contributed by atoms with Crippen LogP contribution < -0.4 is 10.6 Å². The number of nitrogens with one attached hydrogen (secondary N) is 2. The number of ether oxygens (including phenoxy) is 2. The van der Waals surface area contributed by atoms with Gasteiger partial charge in [-0.25, -0.2) is 0 Å². The zero-order valence-electron chi connectivity index (χ0n) is 13.3. The number of rotatable bonds is 12. The van der Waals surface area contributed by atoms with Crippen molar-refractivity contribution in [3.05, 3.63) is 11.8 Å². The normalized spacial score (nSPS) is 10.7. The maximum Gasteiger partial charge on any atom is 0.307 e. The van der Waals surface area contributed by atoms with Crippen LogP contribution in [-0.2, 0) is 19.1 Å². The molecule has 0 aliphatic heterocycles. The molecule has 7 heteroatoms. The Morgan fingerprint density at radius 3 is 2.59 bits per heavy atom. The fraction of sp³-hybridized carbons (Fsp3) is 0.667. The number of hydrogen-bond acceptors (Lipinski definition) is 6. The Balaban J connectivity index is 3.85. The number of amides is 1. The minimum atomic E-state index is -0.443. The molecule has 22 heavy (non-hydrogen) atoms. The summed E-state index contributed by atoms with van der Waals surface area (Å²) in [4.78, 5) is 22.6. The monoisotopic (exact) mass is 311 g/mol. The summed E-state index contributed by atoms with van der Waals surface area (Å²) in [7, 11) is 1.30. The van der Waals surface area contributed by atoms with Crippen LogP contribution in [-0.4, -0.2) is 45.3 Å². The van der Waals surface area contributed by atoms with E-state index in [2.05, 4.69) is 22.3 Å². The van der Waals surface area contributed by atoms with Gasteiger partial charge in [-0.15, -0.1) is 0 Å². The van der Waals surface area contributed by atoms with E-state index in [4.69, 9.17) is 10.00 Å². The highest BCUT2D eigenvalue weighted by molar-refractivity contribution is 5.97. The molecule has 0 aromatic carbocycles. The molecule has 0 saturated carbocycles. The van der Waals surface area contributed by atoms with Gasteiger partial charge in [-0.05, 0) is 12.8 Å². The third-order valence-electron chi connectivity index (χ3n) is 2.71. The number of carbonyl (C=O) groups is 2. The highest BCUT2D eigenvalue weighted by atomic mass is 16.5. The number of nitriles is 1. The van der Waals surface area contributed by atoms with Gasteiger partial charge in [-0.3, -0.25) is 9.59 Å². The molecule has 7 nitrogen and oxygen atoms in total. The standard InChI is InChI=1S/C15H25N3O4/c1-3-4-9-22-10-5-7-18-15(20)13(11-16)12-17-8-6-14(19)21-2/h12,17H,3-10H2,1-2H3,(H,18,20)/b13-12-. The maximum absolute atomic E-state index is 11.7. The van der Waals surface area contributed by atoms with Crippen molar-refractivity contribution in [2.75, 3.05) is 33.4 Å². The van der Waals surface area contributed by atoms with Gasteiger partial charge >= 0.3 is 5.97 Å². The van der Waals surface area contributed by atoms with Crippen LogP contribution in [0, 0.1) is 11.3 Å². The molecule has 0 aliphatic rings. The van der Waals surface area contributed by atoms with E-state index in [1.54, 1.807) is 0 Å².